The Labute approximate surface area is 67.9 Å². The van der Waals surface area contributed by atoms with Crippen molar-refractivity contribution >= 4 is 11.5 Å². The first kappa shape index (κ1) is 6.90. The lowest BCUT2D eigenvalue weighted by Gasteiger charge is -2.12. The molecule has 0 bridgehead atoms. The maximum atomic E-state index is 10.6. The molecule has 62 valence electrons. The molecule has 0 radical (unpaired) electrons. The Bertz CT molecular complexity index is 353. The average Bonchev–Trinajstić information content (AvgIpc) is 2.49. The van der Waals surface area contributed by atoms with Crippen LogP contribution in [-0.2, 0) is 16.3 Å². The fraction of sp³-hybridized carbons (Fsp3) is 0.143. The zero-order valence-corrected chi connectivity index (χ0v) is 6.10. The lowest BCUT2D eigenvalue weighted by molar-refractivity contribution is -0.130. The van der Waals surface area contributed by atoms with Gasteiger partial charge >= 0.3 is 5.97 Å². The first-order valence-corrected chi connectivity index (χ1v) is 3.35. The van der Waals surface area contributed by atoms with Crippen LogP contribution in [0.3, 0.4) is 0 Å². The highest BCUT2D eigenvalue weighted by Gasteiger charge is 2.19. The van der Waals surface area contributed by atoms with E-state index in [9.17, 15) is 4.79 Å². The molecule has 0 saturated heterocycles. The summed E-state index contributed by atoms with van der Waals surface area (Å²) >= 11 is 0. The van der Waals surface area contributed by atoms with Crippen molar-refractivity contribution < 1.29 is 14.6 Å². The second kappa shape index (κ2) is 2.37. The zero-order valence-electron chi connectivity index (χ0n) is 6.10. The third-order valence-electron chi connectivity index (χ3n) is 1.60. The minimum absolute atomic E-state index is 0.0891. The highest BCUT2D eigenvalue weighted by atomic mass is 16.5. The molecule has 0 atom stereocenters. The van der Waals surface area contributed by atoms with Crippen LogP contribution >= 0.6 is 0 Å². The molecule has 1 aliphatic rings. The van der Waals surface area contributed by atoms with Crippen LogP contribution in [0.15, 0.2) is 18.7 Å². The molecule has 1 aromatic rings. The molecule has 5 heteroatoms. The maximum absolute atomic E-state index is 10.6. The van der Waals surface area contributed by atoms with Gasteiger partial charge in [0.1, 0.15) is 11.8 Å². The lowest BCUT2D eigenvalue weighted by Crippen LogP contribution is -2.13. The predicted octanol–water partition coefficient (Wildman–Crippen LogP) is 0.296. The molecule has 5 nitrogen and oxygen atoms in total. The molecule has 0 unspecified atom stereocenters. The van der Waals surface area contributed by atoms with Crippen molar-refractivity contribution in [3.8, 4) is 0 Å². The van der Waals surface area contributed by atoms with Gasteiger partial charge in [-0.25, -0.2) is 9.78 Å². The monoisotopic (exact) mass is 166 g/mol. The van der Waals surface area contributed by atoms with Gasteiger partial charge in [-0.05, 0) is 0 Å². The van der Waals surface area contributed by atoms with Gasteiger partial charge in [-0.1, -0.05) is 0 Å². The van der Waals surface area contributed by atoms with E-state index in [0.717, 1.165) is 0 Å². The summed E-state index contributed by atoms with van der Waals surface area (Å²) in [6.07, 6.45) is 4.43. The standard InChI is InChI=1S/C7H6N2O3/c10-7(11)5-3-12-4-9-2-1-8-6(5)9/h1-3H,4H2,(H,10,11). The van der Waals surface area contributed by atoms with E-state index < -0.39 is 5.97 Å². The Kier molecular flexibility index (Phi) is 1.36. The highest BCUT2D eigenvalue weighted by Crippen LogP contribution is 2.17. The van der Waals surface area contributed by atoms with Gasteiger partial charge in [0.25, 0.3) is 0 Å². The van der Waals surface area contributed by atoms with Gasteiger partial charge in [-0.3, -0.25) is 4.57 Å². The molecule has 0 aliphatic carbocycles. The summed E-state index contributed by atoms with van der Waals surface area (Å²) in [6, 6.07) is 0. The fourth-order valence-electron chi connectivity index (χ4n) is 1.06. The van der Waals surface area contributed by atoms with Crippen LogP contribution in [0.5, 0.6) is 0 Å². The van der Waals surface area contributed by atoms with Crippen LogP contribution in [0.1, 0.15) is 5.82 Å². The van der Waals surface area contributed by atoms with E-state index in [4.69, 9.17) is 9.84 Å². The van der Waals surface area contributed by atoms with E-state index in [1.807, 2.05) is 0 Å². The molecule has 0 aromatic carbocycles. The van der Waals surface area contributed by atoms with Gasteiger partial charge in [0, 0.05) is 12.4 Å². The lowest BCUT2D eigenvalue weighted by atomic mass is 10.3. The van der Waals surface area contributed by atoms with Crippen LogP contribution in [0.4, 0.5) is 0 Å². The van der Waals surface area contributed by atoms with Gasteiger partial charge in [0.05, 0.1) is 0 Å². The summed E-state index contributed by atoms with van der Waals surface area (Å²) in [5.41, 5.74) is 0.0891. The van der Waals surface area contributed by atoms with Crippen molar-refractivity contribution in [1.82, 2.24) is 9.55 Å². The molecule has 2 rings (SSSR count). The van der Waals surface area contributed by atoms with E-state index >= 15 is 0 Å². The Balaban J connectivity index is 2.50. The fourth-order valence-corrected chi connectivity index (χ4v) is 1.06. The van der Waals surface area contributed by atoms with Crippen LogP contribution in [0, 0.1) is 0 Å². The third-order valence-corrected chi connectivity index (χ3v) is 1.60. The van der Waals surface area contributed by atoms with Gasteiger partial charge in [-0.15, -0.1) is 0 Å². The number of nitrogens with zero attached hydrogens (tertiary/aromatic N) is 2. The predicted molar refractivity (Wildman–Crippen MR) is 38.9 cm³/mol. The molecule has 12 heavy (non-hydrogen) atoms. The molecule has 0 amide bonds. The third kappa shape index (κ3) is 0.868. The van der Waals surface area contributed by atoms with Gasteiger partial charge in [-0.2, -0.15) is 0 Å². The van der Waals surface area contributed by atoms with E-state index in [1.165, 1.54) is 6.26 Å². The topological polar surface area (TPSA) is 64.3 Å². The van der Waals surface area contributed by atoms with E-state index in [1.54, 1.807) is 17.0 Å². The number of fused-ring (bicyclic) bond motifs is 1. The highest BCUT2D eigenvalue weighted by molar-refractivity contribution is 6.13. The number of rotatable bonds is 1. The molecule has 0 saturated carbocycles. The molecule has 1 N–H and O–H groups in total. The minimum Gasteiger partial charge on any atom is -0.479 e. The van der Waals surface area contributed by atoms with Crippen molar-refractivity contribution in [2.75, 3.05) is 0 Å². The van der Waals surface area contributed by atoms with Crippen molar-refractivity contribution in [2.45, 2.75) is 6.73 Å². The number of carboxylic acid groups (broad SMARTS) is 1. The summed E-state index contributed by atoms with van der Waals surface area (Å²) < 4.78 is 6.54. The summed E-state index contributed by atoms with van der Waals surface area (Å²) in [5.74, 6) is -0.587. The molecule has 0 fully saturated rings. The first-order valence-electron chi connectivity index (χ1n) is 3.35. The van der Waals surface area contributed by atoms with E-state index in [2.05, 4.69) is 4.98 Å². The first-order chi connectivity index (χ1) is 5.79. The SMILES string of the molecule is O=C(O)C1=COCn2ccnc21. The minimum atomic E-state index is -1.03. The Morgan fingerprint density at radius 3 is 3.33 bits per heavy atom. The van der Waals surface area contributed by atoms with Crippen LogP contribution in [-0.4, -0.2) is 20.6 Å². The summed E-state index contributed by atoms with van der Waals surface area (Å²) in [6.45, 7) is 0.326. The van der Waals surface area contributed by atoms with Crippen LogP contribution in [0.25, 0.3) is 5.57 Å². The zero-order chi connectivity index (χ0) is 8.55. The number of hydrogen-bond acceptors (Lipinski definition) is 3. The van der Waals surface area contributed by atoms with E-state index in [0.29, 0.717) is 12.6 Å². The number of ether oxygens (including phenoxy) is 1. The number of hydrogen-bond donors (Lipinski definition) is 1. The van der Waals surface area contributed by atoms with Crippen LogP contribution in [0.2, 0.25) is 0 Å². The second-order valence-corrected chi connectivity index (χ2v) is 2.35. The van der Waals surface area contributed by atoms with E-state index in [-0.39, 0.29) is 5.57 Å². The number of carbonyl (C=O) groups is 1. The largest absolute Gasteiger partial charge is 0.479 e. The Morgan fingerprint density at radius 2 is 2.58 bits per heavy atom. The maximum Gasteiger partial charge on any atom is 0.342 e. The van der Waals surface area contributed by atoms with Crippen molar-refractivity contribution in [1.29, 1.82) is 0 Å². The number of aliphatic carboxylic acids is 1. The normalized spacial score (nSPS) is 14.5. The van der Waals surface area contributed by atoms with Gasteiger partial charge in [0.15, 0.2) is 12.6 Å². The number of imidazole rings is 1. The summed E-state index contributed by atoms with van der Waals surface area (Å²) in [4.78, 5) is 14.5. The van der Waals surface area contributed by atoms with Gasteiger partial charge in [0.2, 0.25) is 0 Å². The molecular weight excluding hydrogens is 160 g/mol. The summed E-state index contributed by atoms with van der Waals surface area (Å²) in [7, 11) is 0. The smallest absolute Gasteiger partial charge is 0.342 e. The average molecular weight is 166 g/mol. The molecular formula is C7H6N2O3. The molecule has 1 aromatic heterocycles. The number of aromatic nitrogens is 2. The Hall–Kier alpha value is -1.78. The quantitative estimate of drug-likeness (QED) is 0.651. The van der Waals surface area contributed by atoms with Crippen LogP contribution < -0.4 is 0 Å². The second-order valence-electron chi connectivity index (χ2n) is 2.35. The number of carboxylic acids is 1. The van der Waals surface area contributed by atoms with Crippen molar-refractivity contribution in [3.63, 3.8) is 0 Å². The summed E-state index contributed by atoms with van der Waals surface area (Å²) in [5, 5.41) is 8.70. The Morgan fingerprint density at radius 1 is 1.75 bits per heavy atom. The molecule has 0 spiro atoms. The molecule has 2 heterocycles. The van der Waals surface area contributed by atoms with Gasteiger partial charge < -0.3 is 9.84 Å². The van der Waals surface area contributed by atoms with Crippen molar-refractivity contribution in [2.24, 2.45) is 0 Å². The molecule has 1 aliphatic heterocycles. The van der Waals surface area contributed by atoms with Crippen molar-refractivity contribution in [3.05, 3.63) is 24.5 Å².